The van der Waals surface area contributed by atoms with Crippen LogP contribution in [0.3, 0.4) is 0 Å². The maximum atomic E-state index is 11.7. The number of H-pyrrole nitrogens is 1. The van der Waals surface area contributed by atoms with Crippen molar-refractivity contribution in [3.05, 3.63) is 34.2 Å². The monoisotopic (exact) mass is 264 g/mol. The van der Waals surface area contributed by atoms with Gasteiger partial charge in [0.25, 0.3) is 5.91 Å². The summed E-state index contributed by atoms with van der Waals surface area (Å²) >= 11 is 0. The van der Waals surface area contributed by atoms with Crippen LogP contribution in [0, 0.1) is 0 Å². The van der Waals surface area contributed by atoms with E-state index in [1.165, 1.54) is 12.3 Å². The van der Waals surface area contributed by atoms with Gasteiger partial charge >= 0.3 is 6.18 Å². The second-order valence-electron chi connectivity index (χ2n) is 3.37. The van der Waals surface area contributed by atoms with Crippen LogP contribution in [0.1, 0.15) is 10.4 Å². The number of alkyl halides is 3. The Morgan fingerprint density at radius 2 is 2.17 bits per heavy atom. The molecule has 18 heavy (non-hydrogen) atoms. The van der Waals surface area contributed by atoms with Crippen LogP contribution in [0.5, 0.6) is 0 Å². The van der Waals surface area contributed by atoms with Crippen LogP contribution in [0.4, 0.5) is 13.2 Å². The average molecular weight is 264 g/mol. The Kier molecular flexibility index (Phi) is 4.90. The fourth-order valence-electron chi connectivity index (χ4n) is 1.11. The summed E-state index contributed by atoms with van der Waals surface area (Å²) in [6.07, 6.45) is -3.08. The number of rotatable bonds is 5. The summed E-state index contributed by atoms with van der Waals surface area (Å²) in [5, 5.41) is 2.33. The molecule has 0 fully saturated rings. The molecular formula is C10H11F3N2O3. The lowest BCUT2D eigenvalue weighted by Gasteiger charge is -2.08. The van der Waals surface area contributed by atoms with Crippen LogP contribution < -0.4 is 10.9 Å². The summed E-state index contributed by atoms with van der Waals surface area (Å²) in [6, 6.07) is 2.47. The molecule has 0 spiro atoms. The Bertz CT molecular complexity index is 456. The number of amides is 1. The van der Waals surface area contributed by atoms with Gasteiger partial charge in [-0.15, -0.1) is 0 Å². The van der Waals surface area contributed by atoms with Gasteiger partial charge in [-0.1, -0.05) is 0 Å². The molecule has 0 aliphatic heterocycles. The van der Waals surface area contributed by atoms with Gasteiger partial charge in [-0.2, -0.15) is 13.2 Å². The van der Waals surface area contributed by atoms with Crippen LogP contribution in [-0.2, 0) is 4.74 Å². The maximum absolute atomic E-state index is 11.7. The first-order valence-corrected chi connectivity index (χ1v) is 5.00. The zero-order valence-corrected chi connectivity index (χ0v) is 9.21. The van der Waals surface area contributed by atoms with Crippen molar-refractivity contribution < 1.29 is 22.7 Å². The molecule has 1 aromatic heterocycles. The van der Waals surface area contributed by atoms with E-state index in [1.54, 1.807) is 0 Å². The Balaban J connectivity index is 2.28. The molecule has 1 amide bonds. The van der Waals surface area contributed by atoms with E-state index < -0.39 is 24.2 Å². The summed E-state index contributed by atoms with van der Waals surface area (Å²) in [4.78, 5) is 24.6. The number of aromatic nitrogens is 1. The fraction of sp³-hybridized carbons (Fsp3) is 0.400. The Morgan fingerprint density at radius 1 is 1.44 bits per heavy atom. The van der Waals surface area contributed by atoms with Crippen LogP contribution in [0.15, 0.2) is 23.1 Å². The number of aromatic amines is 1. The molecule has 1 heterocycles. The lowest BCUT2D eigenvalue weighted by Crippen LogP contribution is -2.29. The third-order valence-electron chi connectivity index (χ3n) is 1.83. The standard InChI is InChI=1S/C10H11F3N2O3/c11-10(12,13)6-18-4-3-15-9(17)7-1-2-14-8(16)5-7/h1-2,5H,3-4,6H2,(H,14,16)(H,15,17). The van der Waals surface area contributed by atoms with E-state index in [2.05, 4.69) is 15.0 Å². The fourth-order valence-corrected chi connectivity index (χ4v) is 1.11. The Labute approximate surface area is 100.0 Å². The molecule has 5 nitrogen and oxygen atoms in total. The summed E-state index contributed by atoms with van der Waals surface area (Å²) in [7, 11) is 0. The molecule has 1 rings (SSSR count). The van der Waals surface area contributed by atoms with Gasteiger partial charge in [-0.05, 0) is 6.07 Å². The van der Waals surface area contributed by atoms with Crippen molar-refractivity contribution in [2.75, 3.05) is 19.8 Å². The quantitative estimate of drug-likeness (QED) is 0.768. The summed E-state index contributed by atoms with van der Waals surface area (Å²) < 4.78 is 39.4. The van der Waals surface area contributed by atoms with E-state index >= 15 is 0 Å². The molecule has 0 aromatic carbocycles. The molecule has 0 bridgehead atoms. The highest BCUT2D eigenvalue weighted by molar-refractivity contribution is 5.93. The Hall–Kier alpha value is -1.83. The molecule has 1 aromatic rings. The highest BCUT2D eigenvalue weighted by Gasteiger charge is 2.27. The first-order valence-electron chi connectivity index (χ1n) is 5.00. The van der Waals surface area contributed by atoms with Gasteiger partial charge in [0, 0.05) is 24.4 Å². The van der Waals surface area contributed by atoms with Gasteiger partial charge in [-0.25, -0.2) is 0 Å². The SMILES string of the molecule is O=C(NCCOCC(F)(F)F)c1cc[nH]c(=O)c1. The number of pyridine rings is 1. The number of hydrogen-bond acceptors (Lipinski definition) is 3. The molecule has 2 N–H and O–H groups in total. The molecule has 100 valence electrons. The topological polar surface area (TPSA) is 71.2 Å². The van der Waals surface area contributed by atoms with Crippen molar-refractivity contribution in [1.82, 2.24) is 10.3 Å². The zero-order valence-electron chi connectivity index (χ0n) is 9.21. The molecular weight excluding hydrogens is 253 g/mol. The first kappa shape index (κ1) is 14.2. The van der Waals surface area contributed by atoms with Crippen molar-refractivity contribution in [3.8, 4) is 0 Å². The molecule has 0 radical (unpaired) electrons. The van der Waals surface area contributed by atoms with E-state index in [4.69, 9.17) is 0 Å². The smallest absolute Gasteiger partial charge is 0.370 e. The van der Waals surface area contributed by atoms with Gasteiger partial charge in [0.05, 0.1) is 6.61 Å². The average Bonchev–Trinajstić information content (AvgIpc) is 2.26. The first-order chi connectivity index (χ1) is 8.38. The largest absolute Gasteiger partial charge is 0.411 e. The van der Waals surface area contributed by atoms with Crippen LogP contribution in [-0.4, -0.2) is 36.8 Å². The number of ether oxygens (including phenoxy) is 1. The predicted octanol–water partition coefficient (Wildman–Crippen LogP) is 0.684. The minimum Gasteiger partial charge on any atom is -0.370 e. The van der Waals surface area contributed by atoms with E-state index in [0.29, 0.717) is 0 Å². The number of halogens is 3. The van der Waals surface area contributed by atoms with Gasteiger partial charge in [-0.3, -0.25) is 9.59 Å². The second-order valence-corrected chi connectivity index (χ2v) is 3.37. The predicted molar refractivity (Wildman–Crippen MR) is 56.3 cm³/mol. The van der Waals surface area contributed by atoms with E-state index in [0.717, 1.165) is 6.07 Å². The Morgan fingerprint density at radius 3 is 2.78 bits per heavy atom. The van der Waals surface area contributed by atoms with Crippen LogP contribution in [0.2, 0.25) is 0 Å². The summed E-state index contributed by atoms with van der Waals surface area (Å²) in [6.45, 7) is -1.68. The van der Waals surface area contributed by atoms with E-state index in [1.807, 2.05) is 0 Å². The van der Waals surface area contributed by atoms with Gasteiger partial charge in [0.1, 0.15) is 6.61 Å². The van der Waals surface area contributed by atoms with E-state index in [9.17, 15) is 22.8 Å². The molecule has 0 saturated carbocycles. The minimum absolute atomic E-state index is 0.0677. The highest BCUT2D eigenvalue weighted by Crippen LogP contribution is 2.13. The maximum Gasteiger partial charge on any atom is 0.411 e. The molecule has 0 aliphatic carbocycles. The van der Waals surface area contributed by atoms with Crippen molar-refractivity contribution in [1.29, 1.82) is 0 Å². The molecule has 8 heteroatoms. The van der Waals surface area contributed by atoms with Crippen molar-refractivity contribution >= 4 is 5.91 Å². The van der Waals surface area contributed by atoms with Crippen molar-refractivity contribution in [2.24, 2.45) is 0 Å². The number of carbonyl (C=O) groups excluding carboxylic acids is 1. The minimum atomic E-state index is -4.38. The normalized spacial score (nSPS) is 11.3. The third-order valence-corrected chi connectivity index (χ3v) is 1.83. The molecule has 0 atom stereocenters. The van der Waals surface area contributed by atoms with Crippen molar-refractivity contribution in [2.45, 2.75) is 6.18 Å². The van der Waals surface area contributed by atoms with Crippen molar-refractivity contribution in [3.63, 3.8) is 0 Å². The van der Waals surface area contributed by atoms with Gasteiger partial charge in [0.15, 0.2) is 0 Å². The second kappa shape index (κ2) is 6.20. The number of carbonyl (C=O) groups is 1. The summed E-state index contributed by atoms with van der Waals surface area (Å²) in [5.74, 6) is -0.545. The lowest BCUT2D eigenvalue weighted by atomic mass is 10.2. The third kappa shape index (κ3) is 5.48. The van der Waals surface area contributed by atoms with E-state index in [-0.39, 0.29) is 18.7 Å². The van der Waals surface area contributed by atoms with Gasteiger partial charge in [0.2, 0.25) is 5.56 Å². The zero-order chi connectivity index (χ0) is 13.6. The lowest BCUT2D eigenvalue weighted by molar-refractivity contribution is -0.173. The molecule has 0 saturated heterocycles. The van der Waals surface area contributed by atoms with Gasteiger partial charge < -0.3 is 15.0 Å². The van der Waals surface area contributed by atoms with Crippen LogP contribution >= 0.6 is 0 Å². The highest BCUT2D eigenvalue weighted by atomic mass is 19.4. The van der Waals surface area contributed by atoms with Crippen LogP contribution in [0.25, 0.3) is 0 Å². The molecule has 0 unspecified atom stereocenters. The molecule has 0 aliphatic rings. The summed E-state index contributed by atoms with van der Waals surface area (Å²) in [5.41, 5.74) is -0.300. The number of nitrogens with one attached hydrogen (secondary N) is 2. The number of hydrogen-bond donors (Lipinski definition) is 2.